The molecule has 0 saturated heterocycles. The van der Waals surface area contributed by atoms with Gasteiger partial charge in [0.15, 0.2) is 5.82 Å². The van der Waals surface area contributed by atoms with Gasteiger partial charge in [-0.05, 0) is 41.5 Å². The van der Waals surface area contributed by atoms with Crippen LogP contribution < -0.4 is 10.6 Å². The molecule has 26 heavy (non-hydrogen) atoms. The molecule has 1 aromatic heterocycles. The first-order valence-electron chi connectivity index (χ1n) is 8.66. The van der Waals surface area contributed by atoms with Crippen LogP contribution in [0.1, 0.15) is 66.1 Å². The molecular formula is C17H30N4O5. The van der Waals surface area contributed by atoms with Crippen molar-refractivity contribution in [2.75, 3.05) is 13.1 Å². The van der Waals surface area contributed by atoms with E-state index in [-0.39, 0.29) is 13.1 Å². The lowest BCUT2D eigenvalue weighted by molar-refractivity contribution is 0.0516. The molecule has 2 amide bonds. The Morgan fingerprint density at radius 2 is 1.46 bits per heavy atom. The molecule has 0 fully saturated rings. The third-order valence-corrected chi connectivity index (χ3v) is 2.93. The van der Waals surface area contributed by atoms with Gasteiger partial charge in [0.05, 0.1) is 5.92 Å². The predicted octanol–water partition coefficient (Wildman–Crippen LogP) is 2.77. The number of alkyl carbamates (subject to hydrolysis) is 2. The van der Waals surface area contributed by atoms with Crippen molar-refractivity contribution in [2.24, 2.45) is 0 Å². The summed E-state index contributed by atoms with van der Waals surface area (Å²) in [5.41, 5.74) is -1.21. The Kier molecular flexibility index (Phi) is 7.41. The lowest BCUT2D eigenvalue weighted by Gasteiger charge is -2.22. The van der Waals surface area contributed by atoms with E-state index < -0.39 is 29.3 Å². The summed E-state index contributed by atoms with van der Waals surface area (Å²) in [6.07, 6.45) is -0.500. The van der Waals surface area contributed by atoms with Gasteiger partial charge in [-0.3, -0.25) is 0 Å². The van der Waals surface area contributed by atoms with E-state index in [0.717, 1.165) is 0 Å². The molecule has 0 aromatic carbocycles. The van der Waals surface area contributed by atoms with Crippen LogP contribution in [0.5, 0.6) is 0 Å². The van der Waals surface area contributed by atoms with Crippen LogP contribution in [0.4, 0.5) is 9.59 Å². The number of hydrogen-bond donors (Lipinski definition) is 2. The first kappa shape index (κ1) is 21.7. The lowest BCUT2D eigenvalue weighted by atomic mass is 10.1. The van der Waals surface area contributed by atoms with Crippen molar-refractivity contribution in [3.8, 4) is 0 Å². The van der Waals surface area contributed by atoms with Crippen LogP contribution >= 0.6 is 0 Å². The van der Waals surface area contributed by atoms with Crippen LogP contribution in [-0.4, -0.2) is 46.6 Å². The highest BCUT2D eigenvalue weighted by molar-refractivity contribution is 5.68. The minimum Gasteiger partial charge on any atom is -0.444 e. The Morgan fingerprint density at radius 1 is 1.00 bits per heavy atom. The molecule has 0 bridgehead atoms. The summed E-state index contributed by atoms with van der Waals surface area (Å²) in [5, 5.41) is 9.17. The second-order valence-electron chi connectivity index (χ2n) is 7.86. The average Bonchev–Trinajstić information content (AvgIpc) is 2.92. The van der Waals surface area contributed by atoms with E-state index in [1.165, 1.54) is 0 Å². The van der Waals surface area contributed by atoms with Crippen molar-refractivity contribution >= 4 is 12.2 Å². The molecule has 0 spiro atoms. The minimum absolute atomic E-state index is 0.163. The number of aromatic nitrogens is 2. The molecular weight excluding hydrogens is 340 g/mol. The van der Waals surface area contributed by atoms with E-state index in [2.05, 4.69) is 20.8 Å². The molecule has 2 N–H and O–H groups in total. The molecule has 0 saturated carbocycles. The van der Waals surface area contributed by atoms with Crippen molar-refractivity contribution < 1.29 is 23.6 Å². The van der Waals surface area contributed by atoms with Gasteiger partial charge in [0.2, 0.25) is 5.89 Å². The maximum absolute atomic E-state index is 11.9. The number of nitrogens with zero attached hydrogens (tertiary/aromatic N) is 2. The topological polar surface area (TPSA) is 116 Å². The summed E-state index contributed by atoms with van der Waals surface area (Å²) in [7, 11) is 0. The number of carbonyl (C=O) groups is 2. The van der Waals surface area contributed by atoms with Crippen molar-refractivity contribution in [3.05, 3.63) is 11.7 Å². The van der Waals surface area contributed by atoms with Gasteiger partial charge in [0.1, 0.15) is 11.2 Å². The Hall–Kier alpha value is -2.32. The number of aryl methyl sites for hydroxylation is 1. The Labute approximate surface area is 154 Å². The van der Waals surface area contributed by atoms with Gasteiger partial charge < -0.3 is 24.6 Å². The average molecular weight is 370 g/mol. The summed E-state index contributed by atoms with van der Waals surface area (Å²) < 4.78 is 15.7. The van der Waals surface area contributed by atoms with Crippen LogP contribution in [0.25, 0.3) is 0 Å². The summed E-state index contributed by atoms with van der Waals surface area (Å²) >= 11 is 0. The standard InChI is InChI=1S/C17H30N4O5/c1-8-12-20-13(26-21-12)11(9-18-14(22)24-16(2,3)4)10-19-15(23)25-17(5,6)7/h11H,8-10H2,1-7H3,(H,18,22)(H,19,23). The number of carbonyl (C=O) groups excluding carboxylic acids is 2. The molecule has 0 unspecified atom stereocenters. The molecule has 0 aliphatic carbocycles. The predicted molar refractivity (Wildman–Crippen MR) is 94.9 cm³/mol. The SMILES string of the molecule is CCc1noc(C(CNC(=O)OC(C)(C)C)CNC(=O)OC(C)(C)C)n1. The van der Waals surface area contributed by atoms with E-state index >= 15 is 0 Å². The lowest BCUT2D eigenvalue weighted by Crippen LogP contribution is -2.39. The van der Waals surface area contributed by atoms with Gasteiger partial charge >= 0.3 is 12.2 Å². The van der Waals surface area contributed by atoms with Gasteiger partial charge in [0, 0.05) is 19.5 Å². The van der Waals surface area contributed by atoms with Crippen molar-refractivity contribution in [2.45, 2.75) is 72.0 Å². The monoisotopic (exact) mass is 370 g/mol. The maximum Gasteiger partial charge on any atom is 0.407 e. The van der Waals surface area contributed by atoms with E-state index in [0.29, 0.717) is 18.1 Å². The molecule has 1 aromatic rings. The minimum atomic E-state index is -0.603. The van der Waals surface area contributed by atoms with E-state index in [1.54, 1.807) is 41.5 Å². The molecule has 0 radical (unpaired) electrons. The van der Waals surface area contributed by atoms with Gasteiger partial charge in [-0.15, -0.1) is 0 Å². The third kappa shape index (κ3) is 8.68. The molecule has 9 heteroatoms. The Morgan fingerprint density at radius 3 is 1.81 bits per heavy atom. The largest absolute Gasteiger partial charge is 0.444 e. The van der Waals surface area contributed by atoms with Gasteiger partial charge in [-0.25, -0.2) is 9.59 Å². The second kappa shape index (κ2) is 8.86. The fourth-order valence-electron chi connectivity index (χ4n) is 1.87. The Bertz CT molecular complexity index is 569. The second-order valence-corrected chi connectivity index (χ2v) is 7.86. The zero-order chi connectivity index (χ0) is 20.0. The summed E-state index contributed by atoms with van der Waals surface area (Å²) in [4.78, 5) is 28.0. The first-order valence-corrected chi connectivity index (χ1v) is 8.66. The number of nitrogens with one attached hydrogen (secondary N) is 2. The summed E-state index contributed by atoms with van der Waals surface area (Å²) in [5.74, 6) is 0.469. The molecule has 9 nitrogen and oxygen atoms in total. The van der Waals surface area contributed by atoms with Crippen LogP contribution in [-0.2, 0) is 15.9 Å². The number of amides is 2. The highest BCUT2D eigenvalue weighted by Gasteiger charge is 2.24. The van der Waals surface area contributed by atoms with Crippen molar-refractivity contribution in [1.29, 1.82) is 0 Å². The van der Waals surface area contributed by atoms with E-state index in [9.17, 15) is 9.59 Å². The molecule has 1 rings (SSSR count). The molecule has 0 aliphatic rings. The Balaban J connectivity index is 2.70. The molecule has 0 aliphatic heterocycles. The highest BCUT2D eigenvalue weighted by Crippen LogP contribution is 2.14. The van der Waals surface area contributed by atoms with Gasteiger partial charge in [-0.1, -0.05) is 12.1 Å². The van der Waals surface area contributed by atoms with E-state index in [1.807, 2.05) is 6.92 Å². The molecule has 148 valence electrons. The fraction of sp³-hybridized carbons (Fsp3) is 0.765. The fourth-order valence-corrected chi connectivity index (χ4v) is 1.87. The number of ether oxygens (including phenoxy) is 2. The van der Waals surface area contributed by atoms with Crippen LogP contribution in [0.3, 0.4) is 0 Å². The normalized spacial score (nSPS) is 12.0. The van der Waals surface area contributed by atoms with Crippen LogP contribution in [0.15, 0.2) is 4.52 Å². The zero-order valence-corrected chi connectivity index (χ0v) is 16.6. The summed E-state index contributed by atoms with van der Waals surface area (Å²) in [6, 6.07) is 0. The molecule has 1 heterocycles. The highest BCUT2D eigenvalue weighted by atomic mass is 16.6. The number of hydrogen-bond acceptors (Lipinski definition) is 7. The maximum atomic E-state index is 11.9. The van der Waals surface area contributed by atoms with Gasteiger partial charge in [-0.2, -0.15) is 4.98 Å². The smallest absolute Gasteiger partial charge is 0.407 e. The van der Waals surface area contributed by atoms with Crippen molar-refractivity contribution in [3.63, 3.8) is 0 Å². The van der Waals surface area contributed by atoms with E-state index in [4.69, 9.17) is 14.0 Å². The van der Waals surface area contributed by atoms with Crippen molar-refractivity contribution in [1.82, 2.24) is 20.8 Å². The third-order valence-electron chi connectivity index (χ3n) is 2.93. The number of rotatable bonds is 6. The zero-order valence-electron chi connectivity index (χ0n) is 16.6. The first-order chi connectivity index (χ1) is 11.9. The van der Waals surface area contributed by atoms with Gasteiger partial charge in [0.25, 0.3) is 0 Å². The quantitative estimate of drug-likeness (QED) is 0.791. The summed E-state index contributed by atoms with van der Waals surface area (Å²) in [6.45, 7) is 12.9. The van der Waals surface area contributed by atoms with Crippen LogP contribution in [0.2, 0.25) is 0 Å². The van der Waals surface area contributed by atoms with Crippen LogP contribution in [0, 0.1) is 0 Å². The molecule has 0 atom stereocenters.